The summed E-state index contributed by atoms with van der Waals surface area (Å²) in [6, 6.07) is 4.35. The molecular weight excluding hydrogens is 525 g/mol. The second-order valence-electron chi connectivity index (χ2n) is 7.32. The summed E-state index contributed by atoms with van der Waals surface area (Å²) in [5.74, 6) is 2.03. The van der Waals surface area contributed by atoms with Gasteiger partial charge in [-0.15, -0.1) is 45.5 Å². The second kappa shape index (κ2) is 14.8. The molecule has 0 atom stereocenters. The van der Waals surface area contributed by atoms with Gasteiger partial charge in [0.2, 0.25) is 0 Å². The molecule has 31 heavy (non-hydrogen) atoms. The first-order valence-electron chi connectivity index (χ1n) is 11.0. The molecule has 0 aromatic carbocycles. The van der Waals surface area contributed by atoms with Gasteiger partial charge in [0.15, 0.2) is 5.96 Å². The van der Waals surface area contributed by atoms with Crippen molar-refractivity contribution in [3.05, 3.63) is 34.5 Å². The van der Waals surface area contributed by atoms with E-state index in [0.29, 0.717) is 0 Å². The van der Waals surface area contributed by atoms with Crippen LogP contribution in [0, 0.1) is 0 Å². The number of rotatable bonds is 11. The van der Waals surface area contributed by atoms with Crippen molar-refractivity contribution >= 4 is 41.3 Å². The van der Waals surface area contributed by atoms with Crippen LogP contribution in [0.2, 0.25) is 0 Å². The molecule has 174 valence electrons. The lowest BCUT2D eigenvalue weighted by Crippen LogP contribution is -2.52. The quantitative estimate of drug-likeness (QED) is 0.197. The lowest BCUT2D eigenvalue weighted by Gasteiger charge is -2.36. The van der Waals surface area contributed by atoms with E-state index in [2.05, 4.69) is 54.3 Å². The number of halogens is 1. The molecule has 1 N–H and O–H groups in total. The molecule has 0 spiro atoms. The van der Waals surface area contributed by atoms with Gasteiger partial charge in [-0.1, -0.05) is 13.0 Å². The maximum absolute atomic E-state index is 5.45. The van der Waals surface area contributed by atoms with Gasteiger partial charge in [0.05, 0.1) is 0 Å². The lowest BCUT2D eigenvalue weighted by molar-refractivity contribution is 0.146. The number of aromatic nitrogens is 3. The Hall–Kier alpha value is -1.24. The van der Waals surface area contributed by atoms with Crippen LogP contribution in [0.25, 0.3) is 0 Å². The number of guanidine groups is 1. The minimum atomic E-state index is 0. The van der Waals surface area contributed by atoms with E-state index in [4.69, 9.17) is 9.73 Å². The van der Waals surface area contributed by atoms with Gasteiger partial charge in [0.1, 0.15) is 12.2 Å². The van der Waals surface area contributed by atoms with E-state index >= 15 is 0 Å². The molecular formula is C21H36IN7OS. The van der Waals surface area contributed by atoms with Crippen molar-refractivity contribution in [1.29, 1.82) is 0 Å². The van der Waals surface area contributed by atoms with E-state index in [-0.39, 0.29) is 24.0 Å². The summed E-state index contributed by atoms with van der Waals surface area (Å²) in [6.45, 7) is 13.3. The van der Waals surface area contributed by atoms with Crippen molar-refractivity contribution in [2.24, 2.45) is 4.99 Å². The smallest absolute Gasteiger partial charge is 0.194 e. The fourth-order valence-corrected chi connectivity index (χ4v) is 4.28. The fraction of sp³-hybridized carbons (Fsp3) is 0.667. The van der Waals surface area contributed by atoms with E-state index < -0.39 is 0 Å². The molecule has 1 fully saturated rings. The van der Waals surface area contributed by atoms with Crippen LogP contribution < -0.4 is 5.32 Å². The molecule has 1 aliphatic heterocycles. The molecule has 1 aliphatic rings. The summed E-state index contributed by atoms with van der Waals surface area (Å²) in [5.41, 5.74) is 0. The number of aryl methyl sites for hydroxylation is 1. The zero-order valence-corrected chi connectivity index (χ0v) is 21.8. The number of nitrogens with zero attached hydrogens (tertiary/aromatic N) is 6. The first kappa shape index (κ1) is 26.0. The van der Waals surface area contributed by atoms with E-state index in [1.165, 1.54) is 4.88 Å². The lowest BCUT2D eigenvalue weighted by atomic mass is 10.3. The summed E-state index contributed by atoms with van der Waals surface area (Å²) < 4.78 is 7.56. The molecule has 1 saturated heterocycles. The maximum Gasteiger partial charge on any atom is 0.194 e. The van der Waals surface area contributed by atoms with Crippen molar-refractivity contribution in [3.8, 4) is 0 Å². The van der Waals surface area contributed by atoms with Crippen molar-refractivity contribution in [1.82, 2.24) is 29.9 Å². The molecule has 0 unspecified atom stereocenters. The Morgan fingerprint density at radius 1 is 1.26 bits per heavy atom. The fourth-order valence-electron chi connectivity index (χ4n) is 3.53. The topological polar surface area (TPSA) is 70.8 Å². The standard InChI is InChI=1S/C21H35N7OS.HI/c1-3-20-25-24-18-28(20)10-9-23-21(22-8-6-15-29-4-2)27-13-11-26(12-14-27)17-19-7-5-16-30-19;/h5,7,16,18H,3-4,6,8-15,17H2,1-2H3,(H,22,23);1H. The molecule has 0 radical (unpaired) electrons. The average molecular weight is 562 g/mol. The van der Waals surface area contributed by atoms with Gasteiger partial charge < -0.3 is 19.5 Å². The van der Waals surface area contributed by atoms with E-state index in [1.807, 2.05) is 24.6 Å². The predicted molar refractivity (Wildman–Crippen MR) is 137 cm³/mol. The van der Waals surface area contributed by atoms with Gasteiger partial charge in [0.25, 0.3) is 0 Å². The molecule has 0 amide bonds. The number of ether oxygens (including phenoxy) is 1. The Labute approximate surface area is 207 Å². The van der Waals surface area contributed by atoms with Crippen LogP contribution in [0.4, 0.5) is 0 Å². The minimum absolute atomic E-state index is 0. The van der Waals surface area contributed by atoms with Crippen LogP contribution in [0.15, 0.2) is 28.8 Å². The summed E-state index contributed by atoms with van der Waals surface area (Å²) in [5, 5.41) is 13.9. The third kappa shape index (κ3) is 8.66. The summed E-state index contributed by atoms with van der Waals surface area (Å²) >= 11 is 1.84. The van der Waals surface area contributed by atoms with Crippen LogP contribution in [-0.4, -0.2) is 83.0 Å². The van der Waals surface area contributed by atoms with Gasteiger partial charge in [-0.2, -0.15) is 0 Å². The molecule has 3 rings (SSSR count). The largest absolute Gasteiger partial charge is 0.382 e. The summed E-state index contributed by atoms with van der Waals surface area (Å²) in [6.07, 6.45) is 3.65. The van der Waals surface area contributed by atoms with Gasteiger partial charge in [-0.05, 0) is 24.8 Å². The van der Waals surface area contributed by atoms with Crippen molar-refractivity contribution in [2.45, 2.75) is 39.8 Å². The first-order chi connectivity index (χ1) is 14.8. The summed E-state index contributed by atoms with van der Waals surface area (Å²) in [7, 11) is 0. The first-order valence-corrected chi connectivity index (χ1v) is 11.9. The van der Waals surface area contributed by atoms with E-state index in [9.17, 15) is 0 Å². The number of nitrogens with one attached hydrogen (secondary N) is 1. The molecule has 0 bridgehead atoms. The third-order valence-corrected chi connectivity index (χ3v) is 6.05. The van der Waals surface area contributed by atoms with Crippen LogP contribution >= 0.6 is 35.3 Å². The van der Waals surface area contributed by atoms with Gasteiger partial charge >= 0.3 is 0 Å². The third-order valence-electron chi connectivity index (χ3n) is 5.19. The van der Waals surface area contributed by atoms with Gasteiger partial charge in [-0.3, -0.25) is 9.89 Å². The van der Waals surface area contributed by atoms with Crippen LogP contribution in [0.3, 0.4) is 0 Å². The number of hydrogen-bond acceptors (Lipinski definition) is 6. The highest BCUT2D eigenvalue weighted by molar-refractivity contribution is 14.0. The van der Waals surface area contributed by atoms with Crippen LogP contribution in [-0.2, 0) is 24.2 Å². The van der Waals surface area contributed by atoms with Crippen LogP contribution in [0.5, 0.6) is 0 Å². The molecule has 0 saturated carbocycles. The number of aliphatic imine (C=N–C) groups is 1. The Morgan fingerprint density at radius 3 is 2.81 bits per heavy atom. The Morgan fingerprint density at radius 2 is 2.10 bits per heavy atom. The number of piperazine rings is 1. The normalized spacial score (nSPS) is 15.2. The Balaban J connectivity index is 0.00000341. The highest BCUT2D eigenvalue weighted by Gasteiger charge is 2.20. The van der Waals surface area contributed by atoms with Crippen molar-refractivity contribution in [2.75, 3.05) is 52.5 Å². The summed E-state index contributed by atoms with van der Waals surface area (Å²) in [4.78, 5) is 11.2. The Bertz CT molecular complexity index is 745. The highest BCUT2D eigenvalue weighted by atomic mass is 127. The monoisotopic (exact) mass is 561 g/mol. The SMILES string of the molecule is CCOCCCN=C(NCCn1cnnc1CC)N1CCN(Cc2cccs2)CC1.I. The number of hydrogen-bond donors (Lipinski definition) is 1. The molecule has 2 aromatic rings. The average Bonchev–Trinajstić information content (AvgIpc) is 3.45. The van der Waals surface area contributed by atoms with Crippen molar-refractivity contribution < 1.29 is 4.74 Å². The van der Waals surface area contributed by atoms with Crippen molar-refractivity contribution in [3.63, 3.8) is 0 Å². The van der Waals surface area contributed by atoms with Crippen LogP contribution in [0.1, 0.15) is 31.0 Å². The molecule has 8 nitrogen and oxygen atoms in total. The molecule has 0 aliphatic carbocycles. The highest BCUT2D eigenvalue weighted by Crippen LogP contribution is 2.13. The van der Waals surface area contributed by atoms with Gasteiger partial charge in [0, 0.05) is 76.9 Å². The zero-order valence-electron chi connectivity index (χ0n) is 18.7. The zero-order chi connectivity index (χ0) is 21.0. The molecule has 3 heterocycles. The predicted octanol–water partition coefficient (Wildman–Crippen LogP) is 2.71. The number of thiophene rings is 1. The second-order valence-corrected chi connectivity index (χ2v) is 8.35. The maximum atomic E-state index is 5.45. The molecule has 10 heteroatoms. The Kier molecular flexibility index (Phi) is 12.4. The minimum Gasteiger partial charge on any atom is -0.382 e. The molecule has 2 aromatic heterocycles. The van der Waals surface area contributed by atoms with E-state index in [1.54, 1.807) is 0 Å². The van der Waals surface area contributed by atoms with E-state index in [0.717, 1.165) is 90.2 Å². The van der Waals surface area contributed by atoms with Gasteiger partial charge in [-0.25, -0.2) is 0 Å².